The number of likely N-dealkylation sites (N-methyl/N-ethyl adjacent to an activating group) is 1. The molecule has 1 saturated carbocycles. The van der Waals surface area contributed by atoms with Gasteiger partial charge >= 0.3 is 0 Å². The summed E-state index contributed by atoms with van der Waals surface area (Å²) in [7, 11) is 0. The number of nitrogens with one attached hydrogen (secondary N) is 1. The van der Waals surface area contributed by atoms with Gasteiger partial charge in [0.15, 0.2) is 11.6 Å². The molecule has 1 aliphatic rings. The van der Waals surface area contributed by atoms with Gasteiger partial charge < -0.3 is 10.1 Å². The van der Waals surface area contributed by atoms with E-state index in [1.807, 2.05) is 6.07 Å². The molecule has 2 rings (SSSR count). The minimum Gasteiger partial charge on any atom is -0.486 e. The second kappa shape index (κ2) is 6.19. The fraction of sp³-hybridized carbons (Fsp3) is 0.600. The maximum absolute atomic E-state index is 13.6. The van der Waals surface area contributed by atoms with Gasteiger partial charge in [-0.3, -0.25) is 0 Å². The van der Waals surface area contributed by atoms with E-state index in [4.69, 9.17) is 4.74 Å². The summed E-state index contributed by atoms with van der Waals surface area (Å²) >= 11 is 0. The summed E-state index contributed by atoms with van der Waals surface area (Å²) in [6.07, 6.45) is 3.39. The third kappa shape index (κ3) is 3.22. The van der Waals surface area contributed by atoms with Crippen molar-refractivity contribution >= 4 is 0 Å². The van der Waals surface area contributed by atoms with Gasteiger partial charge in [0.1, 0.15) is 6.10 Å². The fourth-order valence-corrected chi connectivity index (χ4v) is 2.66. The first-order valence-corrected chi connectivity index (χ1v) is 6.85. The van der Waals surface area contributed by atoms with Gasteiger partial charge in [0.2, 0.25) is 0 Å². The van der Waals surface area contributed by atoms with Crippen molar-refractivity contribution in [2.45, 2.75) is 45.3 Å². The van der Waals surface area contributed by atoms with Crippen molar-refractivity contribution in [1.82, 2.24) is 5.32 Å². The van der Waals surface area contributed by atoms with Crippen LogP contribution >= 0.6 is 0 Å². The molecule has 3 unspecified atom stereocenters. The SMILES string of the molecule is CCNC1CCC(C)CC1Oc1ccccc1F. The third-order valence-electron chi connectivity index (χ3n) is 3.64. The fourth-order valence-electron chi connectivity index (χ4n) is 2.66. The summed E-state index contributed by atoms with van der Waals surface area (Å²) in [5, 5.41) is 3.45. The molecule has 1 fully saturated rings. The molecule has 0 bridgehead atoms. The smallest absolute Gasteiger partial charge is 0.165 e. The summed E-state index contributed by atoms with van der Waals surface area (Å²) in [6.45, 7) is 5.26. The van der Waals surface area contributed by atoms with Crippen LogP contribution in [0.25, 0.3) is 0 Å². The van der Waals surface area contributed by atoms with Gasteiger partial charge in [-0.15, -0.1) is 0 Å². The largest absolute Gasteiger partial charge is 0.486 e. The molecule has 0 saturated heterocycles. The van der Waals surface area contributed by atoms with Gasteiger partial charge in [0, 0.05) is 6.04 Å². The second-order valence-corrected chi connectivity index (χ2v) is 5.17. The van der Waals surface area contributed by atoms with Crippen LogP contribution in [0.3, 0.4) is 0 Å². The zero-order chi connectivity index (χ0) is 13.0. The minimum absolute atomic E-state index is 0.0746. The number of para-hydroxylation sites is 1. The van der Waals surface area contributed by atoms with Crippen LogP contribution in [-0.4, -0.2) is 18.7 Å². The van der Waals surface area contributed by atoms with Gasteiger partial charge in [0.05, 0.1) is 0 Å². The number of ether oxygens (including phenoxy) is 1. The van der Waals surface area contributed by atoms with Crippen molar-refractivity contribution < 1.29 is 9.13 Å². The molecule has 1 N–H and O–H groups in total. The lowest BCUT2D eigenvalue weighted by atomic mass is 9.85. The first-order valence-electron chi connectivity index (χ1n) is 6.85. The van der Waals surface area contributed by atoms with Crippen molar-refractivity contribution in [3.05, 3.63) is 30.1 Å². The molecule has 100 valence electrons. The predicted molar refractivity (Wildman–Crippen MR) is 71.3 cm³/mol. The van der Waals surface area contributed by atoms with Crippen molar-refractivity contribution in [3.8, 4) is 5.75 Å². The Balaban J connectivity index is 2.06. The maximum atomic E-state index is 13.6. The Morgan fingerprint density at radius 1 is 1.33 bits per heavy atom. The molecule has 3 heteroatoms. The van der Waals surface area contributed by atoms with Crippen LogP contribution in [0, 0.1) is 11.7 Å². The summed E-state index contributed by atoms with van der Waals surface area (Å²) in [6, 6.07) is 6.99. The zero-order valence-electron chi connectivity index (χ0n) is 11.2. The highest BCUT2D eigenvalue weighted by Gasteiger charge is 2.30. The van der Waals surface area contributed by atoms with E-state index in [1.165, 1.54) is 12.5 Å². The van der Waals surface area contributed by atoms with Crippen LogP contribution in [0.15, 0.2) is 24.3 Å². The topological polar surface area (TPSA) is 21.3 Å². The Morgan fingerprint density at radius 2 is 2.11 bits per heavy atom. The second-order valence-electron chi connectivity index (χ2n) is 5.17. The van der Waals surface area contributed by atoms with Gasteiger partial charge in [-0.25, -0.2) is 4.39 Å². The van der Waals surface area contributed by atoms with E-state index < -0.39 is 0 Å². The van der Waals surface area contributed by atoms with Crippen molar-refractivity contribution in [2.24, 2.45) is 5.92 Å². The number of hydrogen-bond donors (Lipinski definition) is 1. The third-order valence-corrected chi connectivity index (χ3v) is 3.64. The van der Waals surface area contributed by atoms with Crippen molar-refractivity contribution in [3.63, 3.8) is 0 Å². The molecule has 0 heterocycles. The van der Waals surface area contributed by atoms with Crippen molar-refractivity contribution in [2.75, 3.05) is 6.54 Å². The zero-order valence-corrected chi connectivity index (χ0v) is 11.2. The molecule has 0 spiro atoms. The predicted octanol–water partition coefficient (Wildman–Crippen LogP) is 3.37. The lowest BCUT2D eigenvalue weighted by Crippen LogP contribution is -2.46. The molecular formula is C15H22FNO. The van der Waals surface area contributed by atoms with Crippen LogP contribution in [0.5, 0.6) is 5.75 Å². The molecule has 0 amide bonds. The summed E-state index contributed by atoms with van der Waals surface area (Å²) in [4.78, 5) is 0. The van der Waals surface area contributed by atoms with E-state index in [0.717, 1.165) is 19.4 Å². The molecule has 0 aromatic heterocycles. The molecule has 3 atom stereocenters. The highest BCUT2D eigenvalue weighted by molar-refractivity contribution is 5.24. The van der Waals surface area contributed by atoms with Crippen LogP contribution in [0.4, 0.5) is 4.39 Å². The molecule has 2 nitrogen and oxygen atoms in total. The molecule has 0 aliphatic heterocycles. The summed E-state index contributed by atoms with van der Waals surface area (Å²) < 4.78 is 19.5. The van der Waals surface area contributed by atoms with Crippen LogP contribution in [-0.2, 0) is 0 Å². The van der Waals surface area contributed by atoms with Crippen LogP contribution in [0.1, 0.15) is 33.1 Å². The van der Waals surface area contributed by atoms with Crippen molar-refractivity contribution in [1.29, 1.82) is 0 Å². The Hall–Kier alpha value is -1.09. The number of halogens is 1. The van der Waals surface area contributed by atoms with E-state index in [2.05, 4.69) is 19.2 Å². The molecule has 18 heavy (non-hydrogen) atoms. The van der Waals surface area contributed by atoms with E-state index in [0.29, 0.717) is 17.7 Å². The molecular weight excluding hydrogens is 229 g/mol. The van der Waals surface area contributed by atoms with Gasteiger partial charge in [-0.2, -0.15) is 0 Å². The molecule has 0 radical (unpaired) electrons. The number of rotatable bonds is 4. The normalized spacial score (nSPS) is 28.1. The quantitative estimate of drug-likeness (QED) is 0.886. The van der Waals surface area contributed by atoms with E-state index >= 15 is 0 Å². The minimum atomic E-state index is -0.272. The Labute approximate surface area is 109 Å². The number of benzene rings is 1. The molecule has 1 aromatic rings. The summed E-state index contributed by atoms with van der Waals surface area (Å²) in [5.74, 6) is 0.752. The van der Waals surface area contributed by atoms with Gasteiger partial charge in [-0.05, 0) is 43.9 Å². The lowest BCUT2D eigenvalue weighted by molar-refractivity contribution is 0.0878. The Bertz CT molecular complexity index is 383. The maximum Gasteiger partial charge on any atom is 0.165 e. The monoisotopic (exact) mass is 251 g/mol. The average Bonchev–Trinajstić information content (AvgIpc) is 2.36. The van der Waals surface area contributed by atoms with E-state index in [1.54, 1.807) is 12.1 Å². The van der Waals surface area contributed by atoms with Crippen LogP contribution in [0.2, 0.25) is 0 Å². The number of hydrogen-bond acceptors (Lipinski definition) is 2. The lowest BCUT2D eigenvalue weighted by Gasteiger charge is -2.35. The average molecular weight is 251 g/mol. The first kappa shape index (κ1) is 13.3. The molecule has 1 aromatic carbocycles. The standard InChI is InChI=1S/C15H22FNO/c1-3-17-13-9-8-11(2)10-15(13)18-14-7-5-4-6-12(14)16/h4-7,11,13,15,17H,3,8-10H2,1-2H3. The highest BCUT2D eigenvalue weighted by Crippen LogP contribution is 2.28. The Morgan fingerprint density at radius 3 is 2.83 bits per heavy atom. The van der Waals surface area contributed by atoms with Crippen LogP contribution < -0.4 is 10.1 Å². The van der Waals surface area contributed by atoms with Gasteiger partial charge in [0.25, 0.3) is 0 Å². The highest BCUT2D eigenvalue weighted by atomic mass is 19.1. The Kier molecular flexibility index (Phi) is 4.59. The van der Waals surface area contributed by atoms with E-state index in [9.17, 15) is 4.39 Å². The van der Waals surface area contributed by atoms with E-state index in [-0.39, 0.29) is 11.9 Å². The van der Waals surface area contributed by atoms with Gasteiger partial charge in [-0.1, -0.05) is 26.0 Å². The summed E-state index contributed by atoms with van der Waals surface area (Å²) in [5.41, 5.74) is 0. The first-order chi connectivity index (χ1) is 8.70. The molecule has 1 aliphatic carbocycles.